The van der Waals surface area contributed by atoms with Crippen LogP contribution >= 0.6 is 0 Å². The number of hydrogen-bond donors (Lipinski definition) is 1. The number of hydrogen-bond acceptors (Lipinski definition) is 3. The molecule has 0 saturated heterocycles. The van der Waals surface area contributed by atoms with Crippen molar-refractivity contribution in [3.05, 3.63) is 33.9 Å². The van der Waals surface area contributed by atoms with E-state index in [0.29, 0.717) is 0 Å². The minimum absolute atomic E-state index is 0.223. The summed E-state index contributed by atoms with van der Waals surface area (Å²) in [5, 5.41) is 13.6. The molecule has 0 radical (unpaired) electrons. The summed E-state index contributed by atoms with van der Waals surface area (Å²) < 4.78 is 38.5. The lowest BCUT2D eigenvalue weighted by Crippen LogP contribution is -2.30. The van der Waals surface area contributed by atoms with Crippen LogP contribution in [0.1, 0.15) is 39.2 Å². The van der Waals surface area contributed by atoms with Crippen LogP contribution in [0.3, 0.4) is 0 Å². The SMILES string of the molecule is CCCC(C)(C)Nc1ccc([N+](=O)[O-])c(C(F)(F)F)c1. The van der Waals surface area contributed by atoms with E-state index in [1.54, 1.807) is 0 Å². The second-order valence-corrected chi connectivity index (χ2v) is 5.25. The van der Waals surface area contributed by atoms with Gasteiger partial charge in [0, 0.05) is 17.3 Å². The Balaban J connectivity index is 3.17. The fourth-order valence-corrected chi connectivity index (χ4v) is 2.08. The molecule has 1 rings (SSSR count). The summed E-state index contributed by atoms with van der Waals surface area (Å²) in [6, 6.07) is 2.97. The van der Waals surface area contributed by atoms with Gasteiger partial charge in [-0.15, -0.1) is 0 Å². The van der Waals surface area contributed by atoms with Crippen LogP contribution in [0.5, 0.6) is 0 Å². The van der Waals surface area contributed by atoms with Gasteiger partial charge < -0.3 is 5.32 Å². The lowest BCUT2D eigenvalue weighted by molar-refractivity contribution is -0.388. The maximum Gasteiger partial charge on any atom is 0.423 e. The van der Waals surface area contributed by atoms with Gasteiger partial charge in [-0.05, 0) is 32.4 Å². The van der Waals surface area contributed by atoms with E-state index in [0.717, 1.165) is 25.0 Å². The largest absolute Gasteiger partial charge is 0.423 e. The molecule has 112 valence electrons. The number of nitro benzene ring substituents is 1. The van der Waals surface area contributed by atoms with Crippen molar-refractivity contribution >= 4 is 11.4 Å². The first-order valence-corrected chi connectivity index (χ1v) is 6.20. The third-order valence-corrected chi connectivity index (χ3v) is 2.86. The molecule has 0 unspecified atom stereocenters. The molecule has 1 N–H and O–H groups in total. The molecule has 0 aromatic heterocycles. The second kappa shape index (κ2) is 5.68. The van der Waals surface area contributed by atoms with E-state index >= 15 is 0 Å². The van der Waals surface area contributed by atoms with Crippen LogP contribution in [0.15, 0.2) is 18.2 Å². The summed E-state index contributed by atoms with van der Waals surface area (Å²) in [6.07, 6.45) is -3.11. The predicted molar refractivity (Wildman–Crippen MR) is 70.7 cm³/mol. The second-order valence-electron chi connectivity index (χ2n) is 5.25. The minimum Gasteiger partial charge on any atom is -0.380 e. The minimum atomic E-state index is -4.75. The molecule has 0 heterocycles. The lowest BCUT2D eigenvalue weighted by Gasteiger charge is -2.27. The summed E-state index contributed by atoms with van der Waals surface area (Å²) in [5.41, 5.74) is -2.33. The Morgan fingerprint density at radius 3 is 2.35 bits per heavy atom. The smallest absolute Gasteiger partial charge is 0.380 e. The molecule has 1 aromatic carbocycles. The molecule has 0 aliphatic heterocycles. The van der Waals surface area contributed by atoms with Gasteiger partial charge in [0.05, 0.1) is 4.92 Å². The van der Waals surface area contributed by atoms with E-state index in [2.05, 4.69) is 5.32 Å². The topological polar surface area (TPSA) is 55.2 Å². The first kappa shape index (κ1) is 16.3. The summed E-state index contributed by atoms with van der Waals surface area (Å²) in [7, 11) is 0. The summed E-state index contributed by atoms with van der Waals surface area (Å²) in [4.78, 5) is 9.63. The fraction of sp³-hybridized carbons (Fsp3) is 0.538. The van der Waals surface area contributed by atoms with E-state index < -0.39 is 22.4 Å². The highest BCUT2D eigenvalue weighted by Gasteiger charge is 2.38. The highest BCUT2D eigenvalue weighted by atomic mass is 19.4. The summed E-state index contributed by atoms with van der Waals surface area (Å²) >= 11 is 0. The van der Waals surface area contributed by atoms with Crippen LogP contribution in [0.25, 0.3) is 0 Å². The van der Waals surface area contributed by atoms with Gasteiger partial charge in [0.2, 0.25) is 0 Å². The number of halogens is 3. The zero-order chi connectivity index (χ0) is 15.6. The van der Waals surface area contributed by atoms with Gasteiger partial charge in [-0.1, -0.05) is 13.3 Å². The number of nitrogens with zero attached hydrogens (tertiary/aromatic N) is 1. The predicted octanol–water partition coefficient (Wildman–Crippen LogP) is 4.60. The van der Waals surface area contributed by atoms with Crippen molar-refractivity contribution in [2.45, 2.75) is 45.3 Å². The van der Waals surface area contributed by atoms with E-state index in [4.69, 9.17) is 0 Å². The van der Waals surface area contributed by atoms with Gasteiger partial charge in [-0.25, -0.2) is 0 Å². The van der Waals surface area contributed by atoms with Gasteiger partial charge in [0.25, 0.3) is 5.69 Å². The molecule has 1 aromatic rings. The van der Waals surface area contributed by atoms with Crippen molar-refractivity contribution in [2.75, 3.05) is 5.32 Å². The van der Waals surface area contributed by atoms with Crippen molar-refractivity contribution in [3.63, 3.8) is 0 Å². The molecule has 0 amide bonds. The van der Waals surface area contributed by atoms with Crippen LogP contribution in [-0.4, -0.2) is 10.5 Å². The molecule has 7 heteroatoms. The molecule has 0 bridgehead atoms. The molecule has 4 nitrogen and oxygen atoms in total. The highest BCUT2D eigenvalue weighted by molar-refractivity contribution is 5.56. The Morgan fingerprint density at radius 2 is 1.90 bits per heavy atom. The highest BCUT2D eigenvalue weighted by Crippen LogP contribution is 2.38. The first-order chi connectivity index (χ1) is 9.07. The third kappa shape index (κ3) is 4.11. The Kier molecular flexibility index (Phi) is 4.62. The molecule has 0 fully saturated rings. The molecule has 0 aliphatic rings. The van der Waals surface area contributed by atoms with E-state index in [1.165, 1.54) is 6.07 Å². The number of benzene rings is 1. The van der Waals surface area contributed by atoms with Crippen molar-refractivity contribution in [2.24, 2.45) is 0 Å². The van der Waals surface area contributed by atoms with Crippen molar-refractivity contribution in [1.82, 2.24) is 0 Å². The molecule has 20 heavy (non-hydrogen) atoms. The normalized spacial score (nSPS) is 12.3. The maximum absolute atomic E-state index is 12.8. The summed E-state index contributed by atoms with van der Waals surface area (Å²) in [6.45, 7) is 5.71. The fourth-order valence-electron chi connectivity index (χ4n) is 2.08. The van der Waals surface area contributed by atoms with E-state index in [1.807, 2.05) is 20.8 Å². The average molecular weight is 290 g/mol. The van der Waals surface area contributed by atoms with E-state index in [-0.39, 0.29) is 11.2 Å². The lowest BCUT2D eigenvalue weighted by atomic mass is 9.98. The number of nitrogens with one attached hydrogen (secondary N) is 1. The van der Waals surface area contributed by atoms with Crippen molar-refractivity contribution in [1.29, 1.82) is 0 Å². The molecule has 0 spiro atoms. The Hall–Kier alpha value is -1.79. The maximum atomic E-state index is 12.8. The van der Waals surface area contributed by atoms with Crippen LogP contribution < -0.4 is 5.32 Å². The number of nitro groups is 1. The number of rotatable bonds is 5. The number of alkyl halides is 3. The quantitative estimate of drug-likeness (QED) is 0.636. The van der Waals surface area contributed by atoms with Gasteiger partial charge in [0.15, 0.2) is 0 Å². The molecule has 0 saturated carbocycles. The Morgan fingerprint density at radius 1 is 1.30 bits per heavy atom. The molecule has 0 aliphatic carbocycles. The molecule has 0 atom stereocenters. The zero-order valence-corrected chi connectivity index (χ0v) is 11.5. The van der Waals surface area contributed by atoms with Crippen molar-refractivity contribution < 1.29 is 18.1 Å². The van der Waals surface area contributed by atoms with Crippen LogP contribution in [0.2, 0.25) is 0 Å². The monoisotopic (exact) mass is 290 g/mol. The first-order valence-electron chi connectivity index (χ1n) is 6.20. The van der Waals surface area contributed by atoms with Crippen LogP contribution in [0, 0.1) is 10.1 Å². The van der Waals surface area contributed by atoms with Gasteiger partial charge in [-0.2, -0.15) is 13.2 Å². The third-order valence-electron chi connectivity index (χ3n) is 2.86. The van der Waals surface area contributed by atoms with Crippen LogP contribution in [0.4, 0.5) is 24.5 Å². The zero-order valence-electron chi connectivity index (χ0n) is 11.5. The Labute approximate surface area is 115 Å². The standard InChI is InChI=1S/C13H17F3N2O2/c1-4-7-12(2,3)17-9-5-6-11(18(19)20)10(8-9)13(14,15)16/h5-6,8,17H,4,7H2,1-3H3. The van der Waals surface area contributed by atoms with Gasteiger partial charge in [0.1, 0.15) is 5.56 Å². The van der Waals surface area contributed by atoms with Crippen LogP contribution in [-0.2, 0) is 6.18 Å². The average Bonchev–Trinajstić information content (AvgIpc) is 2.26. The molecular formula is C13H17F3N2O2. The summed E-state index contributed by atoms with van der Waals surface area (Å²) in [5.74, 6) is 0. The van der Waals surface area contributed by atoms with Gasteiger partial charge >= 0.3 is 6.18 Å². The Bertz CT molecular complexity index is 499. The van der Waals surface area contributed by atoms with Gasteiger partial charge in [-0.3, -0.25) is 10.1 Å². The molecular weight excluding hydrogens is 273 g/mol. The van der Waals surface area contributed by atoms with Crippen molar-refractivity contribution in [3.8, 4) is 0 Å². The van der Waals surface area contributed by atoms with E-state index in [9.17, 15) is 23.3 Å². The number of anilines is 1.